The molecule has 0 bridgehead atoms. The van der Waals surface area contributed by atoms with E-state index in [1.54, 1.807) is 4.90 Å². The standard InChI is InChI=1S/C18H26N4O2/c1-20-10-8-15(9-11-20)21(2)18(24)19-14-12-17(23)22(13-14)16-6-4-3-5-7-16/h3-7,14-15H,8-13H2,1-2H3,(H,19,24)/p+1/t14-/m0/s1. The normalized spacial score (nSPS) is 27.2. The molecule has 3 rings (SSSR count). The summed E-state index contributed by atoms with van der Waals surface area (Å²) in [5, 5.41) is 3.03. The lowest BCUT2D eigenvalue weighted by molar-refractivity contribution is -0.885. The Balaban J connectivity index is 1.54. The highest BCUT2D eigenvalue weighted by atomic mass is 16.2. The highest BCUT2D eigenvalue weighted by Gasteiger charge is 2.33. The molecule has 2 heterocycles. The molecule has 3 amide bonds. The molecule has 0 aromatic heterocycles. The number of carbonyl (C=O) groups excluding carboxylic acids is 2. The zero-order chi connectivity index (χ0) is 17.1. The Kier molecular flexibility index (Phi) is 5.04. The van der Waals surface area contributed by atoms with Gasteiger partial charge in [0, 0.05) is 44.6 Å². The predicted molar refractivity (Wildman–Crippen MR) is 93.1 cm³/mol. The first-order valence-electron chi connectivity index (χ1n) is 8.74. The van der Waals surface area contributed by atoms with Crippen LogP contribution in [0.1, 0.15) is 19.3 Å². The average molecular weight is 331 g/mol. The molecule has 2 aliphatic heterocycles. The van der Waals surface area contributed by atoms with Crippen LogP contribution in [-0.4, -0.2) is 62.7 Å². The minimum atomic E-state index is -0.121. The molecule has 0 spiro atoms. The topological polar surface area (TPSA) is 57.1 Å². The van der Waals surface area contributed by atoms with Crippen molar-refractivity contribution in [2.75, 3.05) is 38.6 Å². The number of anilines is 1. The maximum atomic E-state index is 12.5. The largest absolute Gasteiger partial charge is 0.337 e. The Hall–Kier alpha value is -2.08. The number of benzene rings is 1. The Labute approximate surface area is 143 Å². The number of quaternary nitrogens is 1. The summed E-state index contributed by atoms with van der Waals surface area (Å²) in [4.78, 5) is 29.8. The fraction of sp³-hybridized carbons (Fsp3) is 0.556. The fourth-order valence-corrected chi connectivity index (χ4v) is 3.59. The lowest BCUT2D eigenvalue weighted by Crippen LogP contribution is -3.10. The van der Waals surface area contributed by atoms with Crippen LogP contribution >= 0.6 is 0 Å². The van der Waals surface area contributed by atoms with Crippen molar-refractivity contribution in [2.45, 2.75) is 31.3 Å². The molecular weight excluding hydrogens is 304 g/mol. The summed E-state index contributed by atoms with van der Waals surface area (Å²) >= 11 is 0. The number of piperidine rings is 1. The predicted octanol–water partition coefficient (Wildman–Crippen LogP) is 0.110. The van der Waals surface area contributed by atoms with Gasteiger partial charge < -0.3 is 20.0 Å². The van der Waals surface area contributed by atoms with Crippen LogP contribution in [0.4, 0.5) is 10.5 Å². The highest BCUT2D eigenvalue weighted by molar-refractivity contribution is 5.96. The first kappa shape index (κ1) is 16.8. The van der Waals surface area contributed by atoms with E-state index in [4.69, 9.17) is 0 Å². The summed E-state index contributed by atoms with van der Waals surface area (Å²) in [7, 11) is 4.06. The molecule has 0 saturated carbocycles. The van der Waals surface area contributed by atoms with Gasteiger partial charge in [0.05, 0.1) is 26.2 Å². The molecule has 2 fully saturated rings. The van der Waals surface area contributed by atoms with Gasteiger partial charge in [-0.25, -0.2) is 4.79 Å². The molecule has 1 atom stereocenters. The maximum Gasteiger partial charge on any atom is 0.317 e. The van der Waals surface area contributed by atoms with E-state index in [1.807, 2.05) is 42.3 Å². The Morgan fingerprint density at radius 2 is 1.92 bits per heavy atom. The van der Waals surface area contributed by atoms with Gasteiger partial charge in [0.15, 0.2) is 0 Å². The van der Waals surface area contributed by atoms with Gasteiger partial charge >= 0.3 is 6.03 Å². The molecule has 6 nitrogen and oxygen atoms in total. The van der Waals surface area contributed by atoms with E-state index < -0.39 is 0 Å². The number of carbonyl (C=O) groups is 2. The van der Waals surface area contributed by atoms with Crippen molar-refractivity contribution in [3.05, 3.63) is 30.3 Å². The van der Waals surface area contributed by atoms with Crippen molar-refractivity contribution in [1.82, 2.24) is 10.2 Å². The van der Waals surface area contributed by atoms with Crippen LogP contribution in [0.5, 0.6) is 0 Å². The maximum absolute atomic E-state index is 12.5. The van der Waals surface area contributed by atoms with Gasteiger partial charge in [0.1, 0.15) is 0 Å². The van der Waals surface area contributed by atoms with Crippen LogP contribution in [-0.2, 0) is 4.79 Å². The van der Waals surface area contributed by atoms with E-state index in [9.17, 15) is 9.59 Å². The number of hydrogen-bond donors (Lipinski definition) is 2. The first-order valence-corrected chi connectivity index (χ1v) is 8.74. The third-order valence-electron chi connectivity index (χ3n) is 5.20. The Morgan fingerprint density at radius 3 is 2.58 bits per heavy atom. The second kappa shape index (κ2) is 7.21. The average Bonchev–Trinajstić information content (AvgIpc) is 2.96. The van der Waals surface area contributed by atoms with Crippen molar-refractivity contribution in [3.8, 4) is 0 Å². The van der Waals surface area contributed by atoms with Crippen LogP contribution < -0.4 is 15.1 Å². The van der Waals surface area contributed by atoms with Gasteiger partial charge in [-0.05, 0) is 12.1 Å². The van der Waals surface area contributed by atoms with Crippen molar-refractivity contribution in [1.29, 1.82) is 0 Å². The molecule has 1 aromatic rings. The minimum absolute atomic E-state index is 0.0627. The Bertz CT molecular complexity index is 584. The van der Waals surface area contributed by atoms with Gasteiger partial charge in [-0.1, -0.05) is 18.2 Å². The molecule has 0 unspecified atom stereocenters. The quantitative estimate of drug-likeness (QED) is 0.826. The van der Waals surface area contributed by atoms with Gasteiger partial charge in [0.2, 0.25) is 5.91 Å². The SMILES string of the molecule is CN(C(=O)N[C@H]1CC(=O)N(c2ccccc2)C1)C1CC[NH+](C)CC1. The number of likely N-dealkylation sites (tertiary alicyclic amines) is 1. The second-order valence-electron chi connectivity index (χ2n) is 6.99. The fourth-order valence-electron chi connectivity index (χ4n) is 3.59. The number of nitrogens with one attached hydrogen (secondary N) is 2. The molecule has 2 N–H and O–H groups in total. The Morgan fingerprint density at radius 1 is 1.25 bits per heavy atom. The van der Waals surface area contributed by atoms with Gasteiger partial charge in [-0.15, -0.1) is 0 Å². The monoisotopic (exact) mass is 331 g/mol. The summed E-state index contributed by atoms with van der Waals surface area (Å²) in [6.45, 7) is 2.75. The van der Waals surface area contributed by atoms with Crippen molar-refractivity contribution < 1.29 is 14.5 Å². The lowest BCUT2D eigenvalue weighted by atomic mass is 10.0. The van der Waals surface area contributed by atoms with Crippen molar-refractivity contribution in [2.24, 2.45) is 0 Å². The third kappa shape index (κ3) is 3.70. The van der Waals surface area contributed by atoms with Gasteiger partial charge in [-0.3, -0.25) is 4.79 Å². The number of rotatable bonds is 3. The van der Waals surface area contributed by atoms with Crippen LogP contribution in [0.15, 0.2) is 30.3 Å². The zero-order valence-electron chi connectivity index (χ0n) is 14.5. The summed E-state index contributed by atoms with van der Waals surface area (Å²) in [5.74, 6) is 0.0667. The van der Waals surface area contributed by atoms with Crippen molar-refractivity contribution in [3.63, 3.8) is 0 Å². The smallest absolute Gasteiger partial charge is 0.317 e. The van der Waals surface area contributed by atoms with E-state index >= 15 is 0 Å². The highest BCUT2D eigenvalue weighted by Crippen LogP contribution is 2.21. The molecule has 1 aromatic carbocycles. The molecular formula is C18H27N4O2+. The van der Waals surface area contributed by atoms with E-state index in [-0.39, 0.29) is 18.0 Å². The van der Waals surface area contributed by atoms with Crippen LogP contribution in [0.3, 0.4) is 0 Å². The first-order chi connectivity index (χ1) is 11.5. The summed E-state index contributed by atoms with van der Waals surface area (Å²) in [6.07, 6.45) is 2.44. The number of nitrogens with zero attached hydrogens (tertiary/aromatic N) is 2. The number of amides is 3. The van der Waals surface area contributed by atoms with Gasteiger partial charge in [0.25, 0.3) is 0 Å². The molecule has 6 heteroatoms. The number of hydrogen-bond acceptors (Lipinski definition) is 2. The van der Waals surface area contributed by atoms with E-state index in [1.165, 1.54) is 4.90 Å². The van der Waals surface area contributed by atoms with E-state index in [2.05, 4.69) is 12.4 Å². The molecule has 130 valence electrons. The molecule has 2 aliphatic rings. The van der Waals surface area contributed by atoms with Crippen LogP contribution in [0, 0.1) is 0 Å². The van der Waals surface area contributed by atoms with Gasteiger partial charge in [-0.2, -0.15) is 0 Å². The van der Waals surface area contributed by atoms with Crippen LogP contribution in [0.2, 0.25) is 0 Å². The summed E-state index contributed by atoms with van der Waals surface area (Å²) < 4.78 is 0. The molecule has 2 saturated heterocycles. The summed E-state index contributed by atoms with van der Waals surface area (Å²) in [5.41, 5.74) is 0.894. The molecule has 0 aliphatic carbocycles. The zero-order valence-corrected chi connectivity index (χ0v) is 14.5. The number of urea groups is 1. The van der Waals surface area contributed by atoms with E-state index in [0.717, 1.165) is 31.6 Å². The van der Waals surface area contributed by atoms with Crippen molar-refractivity contribution >= 4 is 17.6 Å². The molecule has 0 radical (unpaired) electrons. The lowest BCUT2D eigenvalue weighted by Gasteiger charge is -2.33. The second-order valence-corrected chi connectivity index (χ2v) is 6.99. The minimum Gasteiger partial charge on any atom is -0.337 e. The summed E-state index contributed by atoms with van der Waals surface area (Å²) in [6, 6.07) is 9.74. The molecule has 24 heavy (non-hydrogen) atoms. The number of para-hydroxylation sites is 1. The van der Waals surface area contributed by atoms with E-state index in [0.29, 0.717) is 19.0 Å². The van der Waals surface area contributed by atoms with Crippen LogP contribution in [0.25, 0.3) is 0 Å². The third-order valence-corrected chi connectivity index (χ3v) is 5.20.